The molecule has 1 rings (SSSR count). The molecule has 0 amide bonds. The van der Waals surface area contributed by atoms with Crippen LogP contribution in [0.1, 0.15) is 31.4 Å². The van der Waals surface area contributed by atoms with Crippen molar-refractivity contribution in [3.05, 3.63) is 40.2 Å². The van der Waals surface area contributed by atoms with Gasteiger partial charge in [0, 0.05) is 6.04 Å². The minimum Gasteiger partial charge on any atom is -0.328 e. The molecule has 0 saturated carbocycles. The average molecular weight is 242 g/mol. The standard InChI is InChI=1S/C13H17ClFN/c1-3-11-7-10(6-4-5-9(2)16)8-12(14)13(11)15/h4,6-9H,3,5,16H2,1-2H3. The molecule has 1 aromatic carbocycles. The van der Waals surface area contributed by atoms with E-state index in [2.05, 4.69) is 0 Å². The third kappa shape index (κ3) is 3.62. The van der Waals surface area contributed by atoms with E-state index in [1.54, 1.807) is 6.07 Å². The third-order valence-corrected chi connectivity index (χ3v) is 2.60. The molecule has 1 aromatic rings. The Labute approximate surface area is 101 Å². The normalized spacial score (nSPS) is 13.3. The number of benzene rings is 1. The minimum atomic E-state index is -0.312. The number of halogens is 2. The lowest BCUT2D eigenvalue weighted by Crippen LogP contribution is -2.12. The molecule has 0 aliphatic carbocycles. The topological polar surface area (TPSA) is 26.0 Å². The lowest BCUT2D eigenvalue weighted by molar-refractivity contribution is 0.612. The van der Waals surface area contributed by atoms with Crippen LogP contribution >= 0.6 is 11.6 Å². The molecule has 16 heavy (non-hydrogen) atoms. The fourth-order valence-corrected chi connectivity index (χ4v) is 1.69. The Bertz CT molecular complexity index is 386. The molecule has 2 N–H and O–H groups in total. The molecular formula is C13H17ClFN. The average Bonchev–Trinajstić information content (AvgIpc) is 2.22. The highest BCUT2D eigenvalue weighted by Gasteiger charge is 2.06. The predicted molar refractivity (Wildman–Crippen MR) is 68.1 cm³/mol. The van der Waals surface area contributed by atoms with Gasteiger partial charge >= 0.3 is 0 Å². The summed E-state index contributed by atoms with van der Waals surface area (Å²) in [4.78, 5) is 0. The van der Waals surface area contributed by atoms with Gasteiger partial charge < -0.3 is 5.73 Å². The van der Waals surface area contributed by atoms with E-state index in [1.165, 1.54) is 0 Å². The van der Waals surface area contributed by atoms with E-state index >= 15 is 0 Å². The van der Waals surface area contributed by atoms with E-state index in [1.807, 2.05) is 32.1 Å². The van der Waals surface area contributed by atoms with Gasteiger partial charge in [-0.1, -0.05) is 30.7 Å². The van der Waals surface area contributed by atoms with Crippen molar-refractivity contribution < 1.29 is 4.39 Å². The van der Waals surface area contributed by atoms with E-state index in [4.69, 9.17) is 17.3 Å². The second kappa shape index (κ2) is 6.02. The molecule has 0 fully saturated rings. The lowest BCUT2D eigenvalue weighted by Gasteiger charge is -2.04. The van der Waals surface area contributed by atoms with Crippen molar-refractivity contribution in [1.29, 1.82) is 0 Å². The van der Waals surface area contributed by atoms with E-state index in [-0.39, 0.29) is 16.9 Å². The number of nitrogens with two attached hydrogens (primary N) is 1. The quantitative estimate of drug-likeness (QED) is 0.853. The highest BCUT2D eigenvalue weighted by molar-refractivity contribution is 6.31. The summed E-state index contributed by atoms with van der Waals surface area (Å²) in [5.41, 5.74) is 7.20. The molecule has 3 heteroatoms. The first kappa shape index (κ1) is 13.2. The van der Waals surface area contributed by atoms with Crippen LogP contribution in [0.3, 0.4) is 0 Å². The largest absolute Gasteiger partial charge is 0.328 e. The summed E-state index contributed by atoms with van der Waals surface area (Å²) in [7, 11) is 0. The maximum Gasteiger partial charge on any atom is 0.144 e. The van der Waals surface area contributed by atoms with Crippen LogP contribution < -0.4 is 5.73 Å². The van der Waals surface area contributed by atoms with Crippen LogP contribution in [-0.4, -0.2) is 6.04 Å². The smallest absolute Gasteiger partial charge is 0.144 e. The molecule has 1 atom stereocenters. The Hall–Kier alpha value is -0.860. The van der Waals surface area contributed by atoms with Crippen LogP contribution in [0.15, 0.2) is 18.2 Å². The van der Waals surface area contributed by atoms with Gasteiger partial charge in [0.05, 0.1) is 5.02 Å². The first-order valence-electron chi connectivity index (χ1n) is 5.44. The molecule has 0 aromatic heterocycles. The van der Waals surface area contributed by atoms with Crippen molar-refractivity contribution >= 4 is 17.7 Å². The maximum absolute atomic E-state index is 13.5. The van der Waals surface area contributed by atoms with Crippen LogP contribution in [0.4, 0.5) is 4.39 Å². The number of aryl methyl sites for hydroxylation is 1. The van der Waals surface area contributed by atoms with Gasteiger partial charge in [-0.25, -0.2) is 4.39 Å². The van der Waals surface area contributed by atoms with Gasteiger partial charge in [0.25, 0.3) is 0 Å². The zero-order valence-corrected chi connectivity index (χ0v) is 10.4. The molecule has 0 radical (unpaired) electrons. The summed E-state index contributed by atoms with van der Waals surface area (Å²) < 4.78 is 13.5. The molecule has 0 aliphatic heterocycles. The van der Waals surface area contributed by atoms with E-state index in [0.29, 0.717) is 12.0 Å². The molecule has 1 nitrogen and oxygen atoms in total. The molecule has 1 unspecified atom stereocenters. The second-order valence-electron chi connectivity index (χ2n) is 3.94. The van der Waals surface area contributed by atoms with E-state index < -0.39 is 0 Å². The van der Waals surface area contributed by atoms with Gasteiger partial charge in [0.1, 0.15) is 5.82 Å². The first-order chi connectivity index (χ1) is 7.54. The van der Waals surface area contributed by atoms with Crippen molar-refractivity contribution in [1.82, 2.24) is 0 Å². The zero-order valence-electron chi connectivity index (χ0n) is 9.63. The van der Waals surface area contributed by atoms with Gasteiger partial charge in [-0.15, -0.1) is 0 Å². The van der Waals surface area contributed by atoms with Gasteiger partial charge in [0.2, 0.25) is 0 Å². The Kier molecular flexibility index (Phi) is 4.97. The Morgan fingerprint density at radius 2 is 2.19 bits per heavy atom. The van der Waals surface area contributed by atoms with Crippen LogP contribution in [-0.2, 0) is 6.42 Å². The number of hydrogen-bond acceptors (Lipinski definition) is 1. The third-order valence-electron chi connectivity index (χ3n) is 2.32. The summed E-state index contributed by atoms with van der Waals surface area (Å²) in [6.07, 6.45) is 5.35. The molecular weight excluding hydrogens is 225 g/mol. The molecule has 0 aliphatic rings. The Morgan fingerprint density at radius 1 is 1.50 bits per heavy atom. The van der Waals surface area contributed by atoms with Crippen LogP contribution in [0, 0.1) is 5.82 Å². The highest BCUT2D eigenvalue weighted by atomic mass is 35.5. The Balaban J connectivity index is 2.89. The van der Waals surface area contributed by atoms with E-state index in [9.17, 15) is 4.39 Å². The monoisotopic (exact) mass is 241 g/mol. The van der Waals surface area contributed by atoms with Gasteiger partial charge in [0.15, 0.2) is 0 Å². The predicted octanol–water partition coefficient (Wildman–Crippen LogP) is 3.79. The van der Waals surface area contributed by atoms with Crippen LogP contribution in [0.25, 0.3) is 6.08 Å². The summed E-state index contributed by atoms with van der Waals surface area (Å²) in [5, 5.41) is 0.180. The minimum absolute atomic E-state index is 0.137. The Morgan fingerprint density at radius 3 is 2.75 bits per heavy atom. The van der Waals surface area contributed by atoms with Crippen molar-refractivity contribution in [2.45, 2.75) is 32.7 Å². The lowest BCUT2D eigenvalue weighted by atomic mass is 10.1. The molecule has 88 valence electrons. The fraction of sp³-hybridized carbons (Fsp3) is 0.385. The summed E-state index contributed by atoms with van der Waals surface area (Å²) in [6.45, 7) is 3.85. The molecule has 0 saturated heterocycles. The van der Waals surface area contributed by atoms with Gasteiger partial charge in [-0.3, -0.25) is 0 Å². The summed E-state index contributed by atoms with van der Waals surface area (Å²) >= 11 is 5.81. The summed E-state index contributed by atoms with van der Waals surface area (Å²) in [6, 6.07) is 3.59. The van der Waals surface area contributed by atoms with Crippen molar-refractivity contribution in [3.63, 3.8) is 0 Å². The number of rotatable bonds is 4. The van der Waals surface area contributed by atoms with Crippen LogP contribution in [0.5, 0.6) is 0 Å². The van der Waals surface area contributed by atoms with Crippen LogP contribution in [0.2, 0.25) is 5.02 Å². The van der Waals surface area contributed by atoms with Crippen molar-refractivity contribution in [2.75, 3.05) is 0 Å². The molecule has 0 spiro atoms. The number of hydrogen-bond donors (Lipinski definition) is 1. The second-order valence-corrected chi connectivity index (χ2v) is 4.35. The maximum atomic E-state index is 13.5. The first-order valence-corrected chi connectivity index (χ1v) is 5.82. The molecule has 0 heterocycles. The fourth-order valence-electron chi connectivity index (χ4n) is 1.44. The summed E-state index contributed by atoms with van der Waals surface area (Å²) in [5.74, 6) is -0.312. The van der Waals surface area contributed by atoms with E-state index in [0.717, 1.165) is 12.0 Å². The molecule has 0 bridgehead atoms. The zero-order chi connectivity index (χ0) is 12.1. The van der Waals surface area contributed by atoms with Crippen molar-refractivity contribution in [2.24, 2.45) is 5.73 Å². The van der Waals surface area contributed by atoms with Gasteiger partial charge in [-0.2, -0.15) is 0 Å². The highest BCUT2D eigenvalue weighted by Crippen LogP contribution is 2.22. The van der Waals surface area contributed by atoms with Crippen molar-refractivity contribution in [3.8, 4) is 0 Å². The SMILES string of the molecule is CCc1cc(C=CCC(C)N)cc(Cl)c1F. The van der Waals surface area contributed by atoms with Gasteiger partial charge in [-0.05, 0) is 43.0 Å².